The molecule has 0 saturated carbocycles. The number of pyridine rings is 1. The molecule has 1 amide bonds. The molecular weight excluding hydrogens is 314 g/mol. The molecule has 0 saturated heterocycles. The van der Waals surface area contributed by atoms with Crippen molar-refractivity contribution in [1.29, 1.82) is 0 Å². The van der Waals surface area contributed by atoms with Crippen molar-refractivity contribution in [3.05, 3.63) is 83.4 Å². The highest BCUT2D eigenvalue weighted by Gasteiger charge is 2.07. The highest BCUT2D eigenvalue weighted by atomic mass is 16.1. The summed E-state index contributed by atoms with van der Waals surface area (Å²) in [6.07, 6.45) is 6.45. The van der Waals surface area contributed by atoms with Crippen LogP contribution < -0.4 is 10.6 Å². The molecule has 0 spiro atoms. The Morgan fingerprint density at radius 1 is 1.00 bits per heavy atom. The molecule has 2 N–H and O–H groups in total. The Morgan fingerprint density at radius 2 is 1.80 bits per heavy atom. The molecule has 0 bridgehead atoms. The summed E-state index contributed by atoms with van der Waals surface area (Å²) in [6, 6.07) is 12.0. The smallest absolute Gasteiger partial charge is 0.254 e. The summed E-state index contributed by atoms with van der Waals surface area (Å²) in [5.74, 6) is 0.277. The predicted octanol–water partition coefficient (Wildman–Crippen LogP) is 2.72. The third-order valence-electron chi connectivity index (χ3n) is 3.62. The first-order valence-corrected chi connectivity index (χ1v) is 7.99. The van der Waals surface area contributed by atoms with E-state index in [0.717, 1.165) is 11.1 Å². The van der Waals surface area contributed by atoms with Crippen LogP contribution in [0.15, 0.2) is 61.2 Å². The molecule has 0 unspecified atom stereocenters. The number of aromatic nitrogens is 3. The van der Waals surface area contributed by atoms with Crippen LogP contribution in [0.25, 0.3) is 0 Å². The van der Waals surface area contributed by atoms with Gasteiger partial charge in [0.15, 0.2) is 0 Å². The van der Waals surface area contributed by atoms with Gasteiger partial charge >= 0.3 is 0 Å². The van der Waals surface area contributed by atoms with Crippen LogP contribution in [0.1, 0.15) is 27.0 Å². The number of nitrogens with one attached hydrogen (secondary N) is 2. The number of anilines is 1. The molecule has 0 fully saturated rings. The molecule has 0 aliphatic heterocycles. The maximum absolute atomic E-state index is 12.1. The maximum atomic E-state index is 12.1. The molecule has 2 heterocycles. The van der Waals surface area contributed by atoms with Crippen LogP contribution in [0.2, 0.25) is 0 Å². The zero-order valence-electron chi connectivity index (χ0n) is 13.9. The van der Waals surface area contributed by atoms with Crippen molar-refractivity contribution in [2.45, 2.75) is 20.0 Å². The topological polar surface area (TPSA) is 79.8 Å². The lowest BCUT2D eigenvalue weighted by molar-refractivity contribution is 0.0950. The van der Waals surface area contributed by atoms with Gasteiger partial charge in [-0.25, -0.2) is 9.97 Å². The van der Waals surface area contributed by atoms with Gasteiger partial charge in [0.25, 0.3) is 5.91 Å². The van der Waals surface area contributed by atoms with Crippen molar-refractivity contribution in [1.82, 2.24) is 20.3 Å². The molecule has 1 aromatic carbocycles. The number of rotatable bonds is 6. The summed E-state index contributed by atoms with van der Waals surface area (Å²) in [4.78, 5) is 24.5. The first-order chi connectivity index (χ1) is 12.2. The molecule has 3 rings (SSSR count). The van der Waals surface area contributed by atoms with Crippen LogP contribution in [-0.4, -0.2) is 20.9 Å². The highest BCUT2D eigenvalue weighted by molar-refractivity contribution is 5.93. The summed E-state index contributed by atoms with van der Waals surface area (Å²) >= 11 is 0. The average Bonchev–Trinajstić information content (AvgIpc) is 2.66. The zero-order chi connectivity index (χ0) is 17.5. The van der Waals surface area contributed by atoms with Crippen LogP contribution in [0.5, 0.6) is 0 Å². The number of hydrogen-bond donors (Lipinski definition) is 2. The maximum Gasteiger partial charge on any atom is 0.254 e. The third kappa shape index (κ3) is 4.84. The normalized spacial score (nSPS) is 10.3. The number of aryl methyl sites for hydroxylation is 1. The van der Waals surface area contributed by atoms with Gasteiger partial charge in [-0.3, -0.25) is 9.78 Å². The minimum absolute atomic E-state index is 0.214. The number of carbonyl (C=O) groups excluding carboxylic acids is 1. The minimum atomic E-state index is -0.214. The molecule has 0 atom stereocenters. The second kappa shape index (κ2) is 8.01. The van der Waals surface area contributed by atoms with Gasteiger partial charge in [-0.1, -0.05) is 35.9 Å². The second-order valence-corrected chi connectivity index (χ2v) is 5.68. The van der Waals surface area contributed by atoms with Gasteiger partial charge in [0.1, 0.15) is 0 Å². The average molecular weight is 333 g/mol. The van der Waals surface area contributed by atoms with Crippen molar-refractivity contribution in [2.24, 2.45) is 0 Å². The van der Waals surface area contributed by atoms with E-state index < -0.39 is 0 Å². The van der Waals surface area contributed by atoms with Gasteiger partial charge in [0.2, 0.25) is 5.95 Å². The Kier molecular flexibility index (Phi) is 5.31. The lowest BCUT2D eigenvalue weighted by Crippen LogP contribution is -2.23. The molecule has 126 valence electrons. The molecule has 6 heteroatoms. The van der Waals surface area contributed by atoms with Crippen LogP contribution in [0, 0.1) is 6.92 Å². The van der Waals surface area contributed by atoms with Crippen molar-refractivity contribution in [2.75, 3.05) is 5.32 Å². The first kappa shape index (κ1) is 16.6. The van der Waals surface area contributed by atoms with Crippen molar-refractivity contribution in [3.63, 3.8) is 0 Å². The van der Waals surface area contributed by atoms with E-state index in [4.69, 9.17) is 0 Å². The van der Waals surface area contributed by atoms with Crippen LogP contribution in [0.4, 0.5) is 5.95 Å². The molecule has 25 heavy (non-hydrogen) atoms. The fourth-order valence-electron chi connectivity index (χ4n) is 2.33. The minimum Gasteiger partial charge on any atom is -0.350 e. The Morgan fingerprint density at radius 3 is 2.52 bits per heavy atom. The van der Waals surface area contributed by atoms with Crippen molar-refractivity contribution in [3.8, 4) is 0 Å². The quantitative estimate of drug-likeness (QED) is 0.725. The lowest BCUT2D eigenvalue weighted by atomic mass is 10.1. The van der Waals surface area contributed by atoms with Gasteiger partial charge in [0, 0.05) is 37.9 Å². The molecule has 0 aliphatic carbocycles. The highest BCUT2D eigenvalue weighted by Crippen LogP contribution is 2.07. The van der Waals surface area contributed by atoms with Crippen LogP contribution in [-0.2, 0) is 13.1 Å². The molecular formula is C19H19N5O. The molecule has 0 aliphatic rings. The molecule has 0 radical (unpaired) electrons. The summed E-state index contributed by atoms with van der Waals surface area (Å²) in [5.41, 5.74) is 3.72. The molecule has 3 aromatic rings. The zero-order valence-corrected chi connectivity index (χ0v) is 13.9. The second-order valence-electron chi connectivity index (χ2n) is 5.68. The van der Waals surface area contributed by atoms with Gasteiger partial charge in [0.05, 0.1) is 5.56 Å². The Balaban J connectivity index is 1.53. The van der Waals surface area contributed by atoms with E-state index in [2.05, 4.69) is 44.6 Å². The Hall–Kier alpha value is -3.28. The van der Waals surface area contributed by atoms with Crippen molar-refractivity contribution >= 4 is 11.9 Å². The summed E-state index contributed by atoms with van der Waals surface area (Å²) in [7, 11) is 0. The van der Waals surface area contributed by atoms with Crippen LogP contribution in [0.3, 0.4) is 0 Å². The summed E-state index contributed by atoms with van der Waals surface area (Å²) in [6.45, 7) is 3.10. The van der Waals surface area contributed by atoms with E-state index in [0.29, 0.717) is 24.6 Å². The van der Waals surface area contributed by atoms with E-state index >= 15 is 0 Å². The van der Waals surface area contributed by atoms with E-state index in [1.807, 2.05) is 24.3 Å². The van der Waals surface area contributed by atoms with E-state index in [1.54, 1.807) is 12.4 Å². The van der Waals surface area contributed by atoms with Gasteiger partial charge in [-0.05, 0) is 24.1 Å². The number of benzene rings is 1. The summed E-state index contributed by atoms with van der Waals surface area (Å²) < 4.78 is 0. The van der Waals surface area contributed by atoms with Crippen LogP contribution >= 0.6 is 0 Å². The number of amides is 1. The van der Waals surface area contributed by atoms with E-state index in [-0.39, 0.29) is 5.91 Å². The molecule has 6 nitrogen and oxygen atoms in total. The Labute approximate surface area is 146 Å². The predicted molar refractivity (Wildman–Crippen MR) is 95.9 cm³/mol. The van der Waals surface area contributed by atoms with Gasteiger partial charge in [-0.15, -0.1) is 0 Å². The third-order valence-corrected chi connectivity index (χ3v) is 3.62. The Bertz CT molecular complexity index is 834. The van der Waals surface area contributed by atoms with Crippen molar-refractivity contribution < 1.29 is 4.79 Å². The lowest BCUT2D eigenvalue weighted by Gasteiger charge is -2.07. The first-order valence-electron chi connectivity index (χ1n) is 7.99. The fourth-order valence-corrected chi connectivity index (χ4v) is 2.33. The molecule has 2 aromatic heterocycles. The summed E-state index contributed by atoms with van der Waals surface area (Å²) in [5, 5.41) is 5.97. The van der Waals surface area contributed by atoms with Gasteiger partial charge in [-0.2, -0.15) is 0 Å². The van der Waals surface area contributed by atoms with E-state index in [1.165, 1.54) is 18.0 Å². The fraction of sp³-hybridized carbons (Fsp3) is 0.158. The van der Waals surface area contributed by atoms with Gasteiger partial charge < -0.3 is 10.6 Å². The standard InChI is InChI=1S/C19H19N5O/c1-14-4-2-5-15(8-14)10-22-19-23-12-17(13-24-19)18(25)21-11-16-6-3-7-20-9-16/h2-9,12-13H,10-11H2,1H3,(H,21,25)(H,22,23,24). The number of carbonyl (C=O) groups is 1. The number of hydrogen-bond acceptors (Lipinski definition) is 5. The largest absolute Gasteiger partial charge is 0.350 e. The number of nitrogens with zero attached hydrogens (tertiary/aromatic N) is 3. The van der Waals surface area contributed by atoms with E-state index in [9.17, 15) is 4.79 Å². The monoisotopic (exact) mass is 333 g/mol. The SMILES string of the molecule is Cc1cccc(CNc2ncc(C(=O)NCc3cccnc3)cn2)c1.